The number of likely N-dealkylation sites (tertiary alicyclic amines) is 1. The first-order valence-corrected chi connectivity index (χ1v) is 9.52. The number of amides is 1. The number of carbonyl (C=O) groups excluding carboxylic acids is 2. The molecule has 7 heteroatoms. The molecule has 0 aliphatic carbocycles. The highest BCUT2D eigenvalue weighted by Gasteiger charge is 2.45. The quantitative estimate of drug-likeness (QED) is 0.330. The zero-order valence-corrected chi connectivity index (χ0v) is 16.9. The van der Waals surface area contributed by atoms with Gasteiger partial charge in [0.25, 0.3) is 11.7 Å². The maximum absolute atomic E-state index is 13.6. The Bertz CT molecular complexity index is 971. The molecule has 1 aliphatic heterocycles. The number of carbonyl (C=O) groups is 2. The first-order valence-electron chi connectivity index (χ1n) is 9.14. The molecule has 5 nitrogen and oxygen atoms in total. The van der Waals surface area contributed by atoms with Crippen LogP contribution in [0.4, 0.5) is 4.39 Å². The second kappa shape index (κ2) is 8.76. The van der Waals surface area contributed by atoms with Crippen LogP contribution in [0.25, 0.3) is 5.76 Å². The van der Waals surface area contributed by atoms with Crippen LogP contribution in [0.15, 0.2) is 48.0 Å². The van der Waals surface area contributed by atoms with Gasteiger partial charge >= 0.3 is 0 Å². The van der Waals surface area contributed by atoms with Gasteiger partial charge in [0.1, 0.15) is 11.6 Å². The number of methoxy groups -OCH3 is 1. The number of ether oxygens (including phenoxy) is 1. The van der Waals surface area contributed by atoms with Crippen LogP contribution >= 0.6 is 11.6 Å². The fourth-order valence-corrected chi connectivity index (χ4v) is 3.55. The van der Waals surface area contributed by atoms with E-state index >= 15 is 0 Å². The lowest BCUT2D eigenvalue weighted by Crippen LogP contribution is -2.31. The Labute approximate surface area is 173 Å². The number of aryl methyl sites for hydroxylation is 1. The molecule has 152 valence electrons. The second-order valence-electron chi connectivity index (χ2n) is 6.85. The summed E-state index contributed by atoms with van der Waals surface area (Å²) in [5, 5.41) is 11.4. The maximum atomic E-state index is 13.6. The van der Waals surface area contributed by atoms with Crippen LogP contribution < -0.4 is 0 Å². The number of hydrogen-bond donors (Lipinski definition) is 1. The molecule has 0 spiro atoms. The minimum atomic E-state index is -0.776. The molecule has 1 saturated heterocycles. The van der Waals surface area contributed by atoms with Gasteiger partial charge in [-0.15, -0.1) is 0 Å². The van der Waals surface area contributed by atoms with Gasteiger partial charge in [-0.05, 0) is 54.8 Å². The highest BCUT2D eigenvalue weighted by Crippen LogP contribution is 2.39. The highest BCUT2D eigenvalue weighted by molar-refractivity contribution is 6.46. The number of ketones is 1. The lowest BCUT2D eigenvalue weighted by molar-refractivity contribution is -0.140. The van der Waals surface area contributed by atoms with Crippen LogP contribution in [0, 0.1) is 12.7 Å². The van der Waals surface area contributed by atoms with Gasteiger partial charge in [0, 0.05) is 30.8 Å². The topological polar surface area (TPSA) is 66.8 Å². The van der Waals surface area contributed by atoms with Gasteiger partial charge in [0.2, 0.25) is 0 Å². The van der Waals surface area contributed by atoms with Crippen molar-refractivity contribution in [2.24, 2.45) is 0 Å². The third kappa shape index (κ3) is 4.18. The van der Waals surface area contributed by atoms with E-state index in [9.17, 15) is 19.1 Å². The zero-order chi connectivity index (χ0) is 21.1. The van der Waals surface area contributed by atoms with Gasteiger partial charge < -0.3 is 14.7 Å². The summed E-state index contributed by atoms with van der Waals surface area (Å²) in [5.41, 5.74) is 1.22. The smallest absolute Gasteiger partial charge is 0.295 e. The number of rotatable bonds is 6. The van der Waals surface area contributed by atoms with E-state index in [4.69, 9.17) is 16.3 Å². The summed E-state index contributed by atoms with van der Waals surface area (Å²) in [5.74, 6) is -2.22. The van der Waals surface area contributed by atoms with Crippen LogP contribution in [0.1, 0.15) is 29.2 Å². The fraction of sp³-hybridized carbons (Fsp3) is 0.273. The molecule has 29 heavy (non-hydrogen) atoms. The van der Waals surface area contributed by atoms with Crippen molar-refractivity contribution in [1.82, 2.24) is 4.90 Å². The molecule has 0 radical (unpaired) electrons. The van der Waals surface area contributed by atoms with Crippen LogP contribution in [0.5, 0.6) is 0 Å². The van der Waals surface area contributed by atoms with Crippen LogP contribution in [0.3, 0.4) is 0 Å². The lowest BCUT2D eigenvalue weighted by atomic mass is 9.95. The number of aliphatic hydroxyl groups is 1. The molecule has 1 atom stereocenters. The Morgan fingerprint density at radius 2 is 1.90 bits per heavy atom. The number of aliphatic hydroxyl groups excluding tert-OH is 1. The molecule has 1 heterocycles. The summed E-state index contributed by atoms with van der Waals surface area (Å²) in [4.78, 5) is 27.0. The molecule has 2 aromatic rings. The van der Waals surface area contributed by atoms with E-state index in [1.165, 1.54) is 23.1 Å². The van der Waals surface area contributed by atoms with Gasteiger partial charge in [0.15, 0.2) is 0 Å². The number of benzene rings is 2. The Hall–Kier alpha value is -2.70. The SMILES string of the molecule is COCCCN1C(=O)C(=O)/C(=C(\O)c2ccc(F)c(C)c2)C1c1ccc(Cl)cc1. The molecule has 2 aromatic carbocycles. The molecular weight excluding hydrogens is 397 g/mol. The van der Waals surface area contributed by atoms with Crippen molar-refractivity contribution >= 4 is 29.1 Å². The minimum absolute atomic E-state index is 0.0271. The summed E-state index contributed by atoms with van der Waals surface area (Å²) in [6.45, 7) is 2.27. The summed E-state index contributed by atoms with van der Waals surface area (Å²) < 4.78 is 18.7. The average Bonchev–Trinajstić information content (AvgIpc) is 2.95. The lowest BCUT2D eigenvalue weighted by Gasteiger charge is -2.25. The Morgan fingerprint density at radius 1 is 1.21 bits per heavy atom. The second-order valence-corrected chi connectivity index (χ2v) is 7.29. The van der Waals surface area contributed by atoms with E-state index in [1.54, 1.807) is 38.3 Å². The van der Waals surface area contributed by atoms with Gasteiger partial charge in [-0.25, -0.2) is 4.39 Å². The Morgan fingerprint density at radius 3 is 2.52 bits per heavy atom. The summed E-state index contributed by atoms with van der Waals surface area (Å²) in [6.07, 6.45) is 0.531. The monoisotopic (exact) mass is 417 g/mol. The van der Waals surface area contributed by atoms with Gasteiger partial charge in [0.05, 0.1) is 11.6 Å². The largest absolute Gasteiger partial charge is 0.507 e. The van der Waals surface area contributed by atoms with E-state index in [-0.39, 0.29) is 23.4 Å². The average molecular weight is 418 g/mol. The van der Waals surface area contributed by atoms with Crippen molar-refractivity contribution in [3.8, 4) is 0 Å². The van der Waals surface area contributed by atoms with Crippen molar-refractivity contribution in [1.29, 1.82) is 0 Å². The number of hydrogen-bond acceptors (Lipinski definition) is 4. The van der Waals surface area contributed by atoms with E-state index < -0.39 is 23.5 Å². The third-order valence-corrected chi connectivity index (χ3v) is 5.16. The molecule has 1 amide bonds. The number of nitrogens with zero attached hydrogens (tertiary/aromatic N) is 1. The standard InChI is InChI=1S/C22H21ClFNO4/c1-13-12-15(6-9-17(13)24)20(26)18-19(14-4-7-16(23)8-5-14)25(10-3-11-29-2)22(28)21(18)27/h4-9,12,19,26H,3,10-11H2,1-2H3/b20-18-. The number of Topliss-reactive ketones (excluding diaryl/α,β-unsaturated/α-hetero) is 1. The van der Waals surface area contributed by atoms with Crippen molar-refractivity contribution in [2.45, 2.75) is 19.4 Å². The van der Waals surface area contributed by atoms with E-state index in [0.29, 0.717) is 29.2 Å². The normalized spacial score (nSPS) is 18.5. The molecule has 1 fully saturated rings. The zero-order valence-electron chi connectivity index (χ0n) is 16.1. The van der Waals surface area contributed by atoms with E-state index in [1.807, 2.05) is 0 Å². The van der Waals surface area contributed by atoms with Gasteiger partial charge in [-0.3, -0.25) is 9.59 Å². The number of halogens is 2. The van der Waals surface area contributed by atoms with Crippen molar-refractivity contribution in [2.75, 3.05) is 20.3 Å². The first kappa shape index (κ1) is 21.0. The maximum Gasteiger partial charge on any atom is 0.295 e. The molecule has 0 bridgehead atoms. The molecule has 0 aromatic heterocycles. The molecule has 1 aliphatic rings. The highest BCUT2D eigenvalue weighted by atomic mass is 35.5. The summed E-state index contributed by atoms with van der Waals surface area (Å²) in [6, 6.07) is 10.0. The molecule has 0 saturated carbocycles. The third-order valence-electron chi connectivity index (χ3n) is 4.90. The van der Waals surface area contributed by atoms with Crippen LogP contribution in [-0.4, -0.2) is 42.0 Å². The Balaban J connectivity index is 2.13. The summed E-state index contributed by atoms with van der Waals surface area (Å²) in [7, 11) is 1.56. The van der Waals surface area contributed by atoms with E-state index in [2.05, 4.69) is 0 Å². The minimum Gasteiger partial charge on any atom is -0.507 e. The van der Waals surface area contributed by atoms with E-state index in [0.717, 1.165) is 0 Å². The first-order chi connectivity index (χ1) is 13.8. The predicted octanol–water partition coefficient (Wildman–Crippen LogP) is 4.25. The molecule has 1 N–H and O–H groups in total. The molecule has 1 unspecified atom stereocenters. The summed E-state index contributed by atoms with van der Waals surface area (Å²) >= 11 is 5.98. The van der Waals surface area contributed by atoms with Crippen molar-refractivity contribution in [3.63, 3.8) is 0 Å². The molecule has 3 rings (SSSR count). The van der Waals surface area contributed by atoms with Crippen LogP contribution in [0.2, 0.25) is 5.02 Å². The van der Waals surface area contributed by atoms with Crippen molar-refractivity contribution in [3.05, 3.63) is 75.6 Å². The van der Waals surface area contributed by atoms with Crippen LogP contribution in [-0.2, 0) is 14.3 Å². The molecular formula is C22H21ClFNO4. The fourth-order valence-electron chi connectivity index (χ4n) is 3.43. The van der Waals surface area contributed by atoms with Gasteiger partial charge in [-0.1, -0.05) is 23.7 Å². The Kier molecular flexibility index (Phi) is 6.35. The van der Waals surface area contributed by atoms with Gasteiger partial charge in [-0.2, -0.15) is 0 Å². The predicted molar refractivity (Wildman–Crippen MR) is 108 cm³/mol. The van der Waals surface area contributed by atoms with Crippen molar-refractivity contribution < 1.29 is 23.8 Å².